The third-order valence-electron chi connectivity index (χ3n) is 7.57. The second-order valence-electron chi connectivity index (χ2n) is 10.8. The van der Waals surface area contributed by atoms with Crippen LogP contribution >= 0.6 is 0 Å². The van der Waals surface area contributed by atoms with Crippen molar-refractivity contribution in [3.05, 3.63) is 12.4 Å². The van der Waals surface area contributed by atoms with E-state index in [1.807, 2.05) is 0 Å². The summed E-state index contributed by atoms with van der Waals surface area (Å²) in [5.41, 5.74) is 0. The van der Waals surface area contributed by atoms with E-state index in [1.54, 1.807) is 0 Å². The first-order chi connectivity index (χ1) is 16.3. The van der Waals surface area contributed by atoms with E-state index in [4.69, 9.17) is 0 Å². The summed E-state index contributed by atoms with van der Waals surface area (Å²) in [5.74, 6) is 0. The van der Waals surface area contributed by atoms with Crippen LogP contribution < -0.4 is 0 Å². The standard InChI is InChI=1S/C31H62N2/c1-4-7-10-11-12-13-14-15-16-17-18-19-20-21-22-23-26-31-32(27-24-8-5-2)29-30-33(31)28-25-9-6-3/h29-31H,4-28H2,1-3H3. The molecule has 0 atom stereocenters. The predicted molar refractivity (Wildman–Crippen MR) is 150 cm³/mol. The molecule has 196 valence electrons. The molecule has 0 fully saturated rings. The highest BCUT2D eigenvalue weighted by molar-refractivity contribution is 4.96. The molecular weight excluding hydrogens is 400 g/mol. The Hall–Kier alpha value is -0.660. The fourth-order valence-electron chi connectivity index (χ4n) is 5.30. The van der Waals surface area contributed by atoms with Crippen LogP contribution in [0.1, 0.15) is 168 Å². The Balaban J connectivity index is 2.00. The molecule has 0 aromatic heterocycles. The number of unbranched alkanes of at least 4 members (excludes halogenated alkanes) is 19. The molecule has 0 aliphatic carbocycles. The zero-order valence-electron chi connectivity index (χ0n) is 23.3. The van der Waals surface area contributed by atoms with Crippen LogP contribution in [0, 0.1) is 0 Å². The van der Waals surface area contributed by atoms with Gasteiger partial charge < -0.3 is 9.80 Å². The first kappa shape index (κ1) is 30.4. The van der Waals surface area contributed by atoms with Gasteiger partial charge >= 0.3 is 0 Å². The van der Waals surface area contributed by atoms with Gasteiger partial charge in [-0.25, -0.2) is 0 Å². The monoisotopic (exact) mass is 462 g/mol. The van der Waals surface area contributed by atoms with Crippen molar-refractivity contribution >= 4 is 0 Å². The van der Waals surface area contributed by atoms with Crippen molar-refractivity contribution in [3.8, 4) is 0 Å². The van der Waals surface area contributed by atoms with Gasteiger partial charge in [-0.05, 0) is 25.7 Å². The summed E-state index contributed by atoms with van der Waals surface area (Å²) in [6, 6.07) is 0. The quantitative estimate of drug-likeness (QED) is 0.124. The highest BCUT2D eigenvalue weighted by Crippen LogP contribution is 2.23. The van der Waals surface area contributed by atoms with Gasteiger partial charge in [0.15, 0.2) is 0 Å². The van der Waals surface area contributed by atoms with E-state index in [0.717, 1.165) is 0 Å². The lowest BCUT2D eigenvalue weighted by molar-refractivity contribution is 0.136. The van der Waals surface area contributed by atoms with Gasteiger partial charge in [0, 0.05) is 25.5 Å². The molecule has 0 bridgehead atoms. The topological polar surface area (TPSA) is 6.48 Å². The van der Waals surface area contributed by atoms with E-state index >= 15 is 0 Å². The molecule has 1 heterocycles. The number of nitrogens with zero attached hydrogens (tertiary/aromatic N) is 2. The molecule has 0 amide bonds. The van der Waals surface area contributed by atoms with Gasteiger partial charge in [-0.3, -0.25) is 0 Å². The molecule has 1 aliphatic rings. The van der Waals surface area contributed by atoms with Crippen molar-refractivity contribution in [3.63, 3.8) is 0 Å². The maximum Gasteiger partial charge on any atom is 0.101 e. The number of hydrogen-bond acceptors (Lipinski definition) is 2. The van der Waals surface area contributed by atoms with Crippen LogP contribution in [0.4, 0.5) is 0 Å². The van der Waals surface area contributed by atoms with Gasteiger partial charge in [0.1, 0.15) is 6.17 Å². The van der Waals surface area contributed by atoms with Gasteiger partial charge in [0.05, 0.1) is 0 Å². The van der Waals surface area contributed by atoms with Crippen LogP contribution in [0.2, 0.25) is 0 Å². The Morgan fingerprint density at radius 3 is 1.06 bits per heavy atom. The van der Waals surface area contributed by atoms with E-state index < -0.39 is 0 Å². The highest BCUT2D eigenvalue weighted by atomic mass is 15.4. The van der Waals surface area contributed by atoms with Gasteiger partial charge in [0.25, 0.3) is 0 Å². The minimum Gasteiger partial charge on any atom is -0.356 e. The lowest BCUT2D eigenvalue weighted by atomic mass is 10.0. The van der Waals surface area contributed by atoms with Crippen molar-refractivity contribution in [2.75, 3.05) is 13.1 Å². The molecule has 0 aromatic carbocycles. The number of rotatable bonds is 25. The van der Waals surface area contributed by atoms with E-state index in [1.165, 1.54) is 161 Å². The van der Waals surface area contributed by atoms with E-state index in [0.29, 0.717) is 6.17 Å². The molecule has 0 radical (unpaired) electrons. The second-order valence-corrected chi connectivity index (χ2v) is 10.8. The van der Waals surface area contributed by atoms with Crippen LogP contribution in [0.3, 0.4) is 0 Å². The van der Waals surface area contributed by atoms with Gasteiger partial charge in [0.2, 0.25) is 0 Å². The molecule has 33 heavy (non-hydrogen) atoms. The van der Waals surface area contributed by atoms with Gasteiger partial charge in [-0.2, -0.15) is 0 Å². The molecule has 0 spiro atoms. The molecule has 1 aliphatic heterocycles. The molecule has 0 unspecified atom stereocenters. The SMILES string of the molecule is CCCCCCCCCCCCCCCCCCC1N(CCCCC)C=CN1CCCCC. The Morgan fingerprint density at radius 1 is 0.394 bits per heavy atom. The van der Waals surface area contributed by atoms with Crippen LogP contribution in [0.5, 0.6) is 0 Å². The van der Waals surface area contributed by atoms with E-state index in [-0.39, 0.29) is 0 Å². The first-order valence-corrected chi connectivity index (χ1v) is 15.5. The molecule has 2 nitrogen and oxygen atoms in total. The zero-order chi connectivity index (χ0) is 23.8. The summed E-state index contributed by atoms with van der Waals surface area (Å²) < 4.78 is 0. The zero-order valence-corrected chi connectivity index (χ0v) is 23.3. The normalized spacial score (nSPS) is 14.2. The third-order valence-corrected chi connectivity index (χ3v) is 7.57. The molecule has 2 heteroatoms. The summed E-state index contributed by atoms with van der Waals surface area (Å²) in [5, 5.41) is 0. The third kappa shape index (κ3) is 16.6. The van der Waals surface area contributed by atoms with Crippen molar-refractivity contribution in [2.24, 2.45) is 0 Å². The molecule has 0 saturated heterocycles. The van der Waals surface area contributed by atoms with Gasteiger partial charge in [-0.15, -0.1) is 0 Å². The summed E-state index contributed by atoms with van der Waals surface area (Å²) in [7, 11) is 0. The fraction of sp³-hybridized carbons (Fsp3) is 0.935. The number of hydrogen-bond donors (Lipinski definition) is 0. The lowest BCUT2D eigenvalue weighted by Crippen LogP contribution is -2.39. The van der Waals surface area contributed by atoms with Crippen molar-refractivity contribution in [1.29, 1.82) is 0 Å². The maximum atomic E-state index is 2.65. The van der Waals surface area contributed by atoms with Crippen LogP contribution in [-0.4, -0.2) is 29.1 Å². The van der Waals surface area contributed by atoms with Crippen molar-refractivity contribution < 1.29 is 0 Å². The minimum atomic E-state index is 0.644. The Morgan fingerprint density at radius 2 is 0.697 bits per heavy atom. The average molecular weight is 463 g/mol. The van der Waals surface area contributed by atoms with E-state index in [2.05, 4.69) is 43.0 Å². The smallest absolute Gasteiger partial charge is 0.101 e. The van der Waals surface area contributed by atoms with Crippen LogP contribution in [-0.2, 0) is 0 Å². The van der Waals surface area contributed by atoms with Crippen molar-refractivity contribution in [2.45, 2.75) is 175 Å². The predicted octanol–water partition coefficient (Wildman–Crippen LogP) is 10.4. The summed E-state index contributed by atoms with van der Waals surface area (Å²) in [4.78, 5) is 5.29. The maximum absolute atomic E-state index is 2.65. The molecular formula is C31H62N2. The Kier molecular flexibility index (Phi) is 21.3. The molecule has 0 aromatic rings. The lowest BCUT2D eigenvalue weighted by Gasteiger charge is -2.33. The molecule has 0 saturated carbocycles. The van der Waals surface area contributed by atoms with Crippen LogP contribution in [0.15, 0.2) is 12.4 Å². The van der Waals surface area contributed by atoms with Crippen molar-refractivity contribution in [1.82, 2.24) is 9.80 Å². The Labute approximate surface area is 210 Å². The summed E-state index contributed by atoms with van der Waals surface area (Å²) in [6.45, 7) is 9.42. The highest BCUT2D eigenvalue weighted by Gasteiger charge is 2.24. The summed E-state index contributed by atoms with van der Waals surface area (Å²) in [6.07, 6.45) is 38.1. The second kappa shape index (κ2) is 23.1. The molecule has 1 rings (SSSR count). The van der Waals surface area contributed by atoms with Crippen LogP contribution in [0.25, 0.3) is 0 Å². The van der Waals surface area contributed by atoms with Gasteiger partial charge in [-0.1, -0.05) is 143 Å². The Bertz CT molecular complexity index is 399. The summed E-state index contributed by atoms with van der Waals surface area (Å²) >= 11 is 0. The average Bonchev–Trinajstić information content (AvgIpc) is 3.20. The van der Waals surface area contributed by atoms with E-state index in [9.17, 15) is 0 Å². The minimum absolute atomic E-state index is 0.644. The fourth-order valence-corrected chi connectivity index (χ4v) is 5.30. The largest absolute Gasteiger partial charge is 0.356 e. The first-order valence-electron chi connectivity index (χ1n) is 15.5. The molecule has 0 N–H and O–H groups in total.